The number of nitrogens with zero attached hydrogens (tertiary/aromatic N) is 3. The van der Waals surface area contributed by atoms with E-state index in [0.29, 0.717) is 29.9 Å². The Balaban J connectivity index is 2.01. The summed E-state index contributed by atoms with van der Waals surface area (Å²) in [7, 11) is 1.79. The molecule has 1 aliphatic carbocycles. The van der Waals surface area contributed by atoms with Crippen molar-refractivity contribution < 1.29 is 4.74 Å². The fourth-order valence-corrected chi connectivity index (χ4v) is 2.50. The van der Waals surface area contributed by atoms with Crippen LogP contribution < -0.4 is 15.4 Å². The number of aromatic nitrogens is 3. The molecule has 0 saturated heterocycles. The van der Waals surface area contributed by atoms with Crippen LogP contribution in [0.15, 0.2) is 0 Å². The van der Waals surface area contributed by atoms with Crippen molar-refractivity contribution in [3.05, 3.63) is 0 Å². The summed E-state index contributed by atoms with van der Waals surface area (Å²) in [5.74, 6) is 1.12. The summed E-state index contributed by atoms with van der Waals surface area (Å²) in [4.78, 5) is 12.8. The van der Waals surface area contributed by atoms with Gasteiger partial charge >= 0.3 is 6.01 Å². The van der Waals surface area contributed by atoms with Crippen LogP contribution in [0.4, 0.5) is 11.9 Å². The van der Waals surface area contributed by atoms with Crippen LogP contribution in [0.1, 0.15) is 46.0 Å². The van der Waals surface area contributed by atoms with E-state index in [1.165, 1.54) is 25.7 Å². The second kappa shape index (κ2) is 6.72. The normalized spacial score (nSPS) is 16.9. The van der Waals surface area contributed by atoms with Gasteiger partial charge in [0.1, 0.15) is 0 Å². The van der Waals surface area contributed by atoms with Gasteiger partial charge in [0.15, 0.2) is 0 Å². The molecule has 2 rings (SSSR count). The van der Waals surface area contributed by atoms with Gasteiger partial charge in [-0.2, -0.15) is 15.0 Å². The van der Waals surface area contributed by atoms with Gasteiger partial charge in [-0.15, -0.1) is 0 Å². The molecule has 1 aromatic heterocycles. The Bertz CT molecular complexity index is 432. The Morgan fingerprint density at radius 2 is 1.85 bits per heavy atom. The van der Waals surface area contributed by atoms with Crippen molar-refractivity contribution in [1.82, 2.24) is 15.0 Å². The van der Waals surface area contributed by atoms with E-state index in [1.54, 1.807) is 7.05 Å². The van der Waals surface area contributed by atoms with Crippen LogP contribution in [0.5, 0.6) is 6.01 Å². The van der Waals surface area contributed by atoms with Crippen LogP contribution >= 0.6 is 0 Å². The van der Waals surface area contributed by atoms with Crippen LogP contribution in [0.2, 0.25) is 0 Å². The molecule has 112 valence electrons. The van der Waals surface area contributed by atoms with E-state index < -0.39 is 0 Å². The quantitative estimate of drug-likeness (QED) is 0.799. The molecule has 20 heavy (non-hydrogen) atoms. The molecule has 6 nitrogen and oxygen atoms in total. The molecule has 1 heterocycles. The monoisotopic (exact) mass is 279 g/mol. The van der Waals surface area contributed by atoms with Crippen molar-refractivity contribution in [1.29, 1.82) is 0 Å². The lowest BCUT2D eigenvalue weighted by molar-refractivity contribution is 0.292. The molecule has 0 unspecified atom stereocenters. The number of hydrogen-bond donors (Lipinski definition) is 2. The largest absolute Gasteiger partial charge is 0.463 e. The molecule has 1 aromatic rings. The molecule has 1 fully saturated rings. The van der Waals surface area contributed by atoms with E-state index >= 15 is 0 Å². The van der Waals surface area contributed by atoms with Gasteiger partial charge in [-0.1, -0.05) is 26.7 Å². The minimum Gasteiger partial charge on any atom is -0.463 e. The van der Waals surface area contributed by atoms with Gasteiger partial charge in [-0.3, -0.25) is 0 Å². The minimum absolute atomic E-state index is 0.358. The van der Waals surface area contributed by atoms with E-state index in [9.17, 15) is 0 Å². The first-order valence-electron chi connectivity index (χ1n) is 7.46. The maximum absolute atomic E-state index is 5.49. The third-order valence-corrected chi connectivity index (χ3v) is 3.76. The Hall–Kier alpha value is -1.59. The van der Waals surface area contributed by atoms with Gasteiger partial charge in [-0.05, 0) is 24.7 Å². The lowest BCUT2D eigenvalue weighted by atomic mass is 9.89. The molecule has 0 aliphatic heterocycles. The summed E-state index contributed by atoms with van der Waals surface area (Å²) < 4.78 is 5.49. The molecule has 6 heteroatoms. The second-order valence-corrected chi connectivity index (χ2v) is 5.73. The molecule has 0 bridgehead atoms. The van der Waals surface area contributed by atoms with Crippen molar-refractivity contribution in [2.45, 2.75) is 46.0 Å². The highest BCUT2D eigenvalue weighted by Gasteiger charge is 2.28. The average molecular weight is 279 g/mol. The third-order valence-electron chi connectivity index (χ3n) is 3.76. The SMILES string of the molecule is CCCOc1nc(NC)nc(NCC2(C)CCCC2)n1. The maximum Gasteiger partial charge on any atom is 0.323 e. The zero-order valence-electron chi connectivity index (χ0n) is 12.7. The smallest absolute Gasteiger partial charge is 0.323 e. The number of rotatable bonds is 7. The molecule has 1 aliphatic rings. The molecular weight excluding hydrogens is 254 g/mol. The lowest BCUT2D eigenvalue weighted by Gasteiger charge is -2.23. The van der Waals surface area contributed by atoms with Gasteiger partial charge in [0, 0.05) is 13.6 Å². The van der Waals surface area contributed by atoms with E-state index in [0.717, 1.165) is 13.0 Å². The second-order valence-electron chi connectivity index (χ2n) is 5.73. The van der Waals surface area contributed by atoms with Gasteiger partial charge in [0.2, 0.25) is 11.9 Å². The molecule has 0 aromatic carbocycles. The summed E-state index contributed by atoms with van der Waals surface area (Å²) in [6.45, 7) is 5.89. The van der Waals surface area contributed by atoms with E-state index in [1.807, 2.05) is 0 Å². The highest BCUT2D eigenvalue weighted by Crippen LogP contribution is 2.37. The summed E-state index contributed by atoms with van der Waals surface area (Å²) in [5, 5.41) is 6.28. The Morgan fingerprint density at radius 3 is 2.50 bits per heavy atom. The topological polar surface area (TPSA) is 72.0 Å². The Morgan fingerprint density at radius 1 is 1.15 bits per heavy atom. The number of hydrogen-bond acceptors (Lipinski definition) is 6. The molecular formula is C14H25N5O. The number of nitrogens with one attached hydrogen (secondary N) is 2. The zero-order chi connectivity index (χ0) is 14.4. The first kappa shape index (κ1) is 14.8. The fourth-order valence-electron chi connectivity index (χ4n) is 2.50. The van der Waals surface area contributed by atoms with Crippen molar-refractivity contribution in [2.24, 2.45) is 5.41 Å². The van der Waals surface area contributed by atoms with Crippen molar-refractivity contribution >= 4 is 11.9 Å². The van der Waals surface area contributed by atoms with E-state index in [2.05, 4.69) is 39.4 Å². The fraction of sp³-hybridized carbons (Fsp3) is 0.786. The first-order valence-corrected chi connectivity index (χ1v) is 7.46. The summed E-state index contributed by atoms with van der Waals surface area (Å²) in [6.07, 6.45) is 6.11. The van der Waals surface area contributed by atoms with Gasteiger partial charge in [-0.25, -0.2) is 0 Å². The van der Waals surface area contributed by atoms with E-state index in [4.69, 9.17) is 4.74 Å². The molecule has 0 amide bonds. The van der Waals surface area contributed by atoms with Crippen molar-refractivity contribution in [2.75, 3.05) is 30.8 Å². The van der Waals surface area contributed by atoms with Crippen molar-refractivity contribution in [3.8, 4) is 6.01 Å². The number of ether oxygens (including phenoxy) is 1. The molecule has 2 N–H and O–H groups in total. The predicted molar refractivity (Wildman–Crippen MR) is 80.2 cm³/mol. The van der Waals surface area contributed by atoms with Crippen LogP contribution in [0, 0.1) is 5.41 Å². The number of anilines is 2. The van der Waals surface area contributed by atoms with E-state index in [-0.39, 0.29) is 0 Å². The maximum atomic E-state index is 5.49. The van der Waals surface area contributed by atoms with Crippen molar-refractivity contribution in [3.63, 3.8) is 0 Å². The third kappa shape index (κ3) is 3.95. The minimum atomic E-state index is 0.358. The van der Waals surface area contributed by atoms with Crippen LogP contribution in [0.25, 0.3) is 0 Å². The van der Waals surface area contributed by atoms with Crippen LogP contribution in [-0.4, -0.2) is 35.2 Å². The standard InChI is InChI=1S/C14H25N5O/c1-4-9-20-13-18-11(15-3)17-12(19-13)16-10-14(2)7-5-6-8-14/h4-10H2,1-3H3,(H2,15,16,17,18,19). The summed E-state index contributed by atoms with van der Waals surface area (Å²) in [6, 6.07) is 0.380. The predicted octanol–water partition coefficient (Wildman–Crippen LogP) is 2.69. The zero-order valence-corrected chi connectivity index (χ0v) is 12.7. The Kier molecular flexibility index (Phi) is 4.98. The lowest BCUT2D eigenvalue weighted by Crippen LogP contribution is -2.24. The highest BCUT2D eigenvalue weighted by molar-refractivity contribution is 5.35. The molecule has 1 saturated carbocycles. The molecule has 0 radical (unpaired) electrons. The van der Waals surface area contributed by atoms with Gasteiger partial charge in [0.25, 0.3) is 0 Å². The van der Waals surface area contributed by atoms with Gasteiger partial charge in [0.05, 0.1) is 6.61 Å². The van der Waals surface area contributed by atoms with Crippen LogP contribution in [-0.2, 0) is 0 Å². The Labute approximate surface area is 120 Å². The van der Waals surface area contributed by atoms with Gasteiger partial charge < -0.3 is 15.4 Å². The summed E-state index contributed by atoms with van der Waals surface area (Å²) >= 11 is 0. The molecule has 0 atom stereocenters. The first-order chi connectivity index (χ1) is 9.65. The molecule has 0 spiro atoms. The summed E-state index contributed by atoms with van der Waals surface area (Å²) in [5.41, 5.74) is 0.358. The highest BCUT2D eigenvalue weighted by atomic mass is 16.5. The van der Waals surface area contributed by atoms with Crippen LogP contribution in [0.3, 0.4) is 0 Å². The average Bonchev–Trinajstić information content (AvgIpc) is 2.90.